The van der Waals surface area contributed by atoms with Crippen LogP contribution in [0.3, 0.4) is 0 Å². The number of halogens is 1. The summed E-state index contributed by atoms with van der Waals surface area (Å²) in [6, 6.07) is 7.35. The Hall–Kier alpha value is -1.79. The Morgan fingerprint density at radius 3 is 3.05 bits per heavy atom. The van der Waals surface area contributed by atoms with Gasteiger partial charge in [0.05, 0.1) is 11.8 Å². The van der Waals surface area contributed by atoms with Gasteiger partial charge in [-0.2, -0.15) is 9.19 Å². The highest BCUT2D eigenvalue weighted by atomic mass is 32.2. The van der Waals surface area contributed by atoms with Gasteiger partial charge < -0.3 is 9.52 Å². The summed E-state index contributed by atoms with van der Waals surface area (Å²) in [7, 11) is 0. The molecule has 0 radical (unpaired) electrons. The molecule has 0 spiro atoms. The average Bonchev–Trinajstić information content (AvgIpc) is 3.07. The number of aryl methyl sites for hydroxylation is 1. The molecule has 0 fully saturated rings. The summed E-state index contributed by atoms with van der Waals surface area (Å²) < 4.78 is 18.9. The molecule has 20 heavy (non-hydrogen) atoms. The SMILES string of the molecule is Cc1cc(CC(O)c2ccco2)cc2cn(SF)nc12. The maximum Gasteiger partial charge on any atom is 0.187 e. The van der Waals surface area contributed by atoms with Crippen molar-refractivity contribution in [3.05, 3.63) is 53.6 Å². The zero-order valence-electron chi connectivity index (χ0n) is 10.8. The summed E-state index contributed by atoms with van der Waals surface area (Å²) in [5.74, 6) is 0.540. The maximum atomic E-state index is 12.6. The Morgan fingerprint density at radius 2 is 2.35 bits per heavy atom. The minimum atomic E-state index is -0.688. The Labute approximate surface area is 119 Å². The molecule has 0 bridgehead atoms. The van der Waals surface area contributed by atoms with E-state index in [1.807, 2.05) is 19.1 Å². The van der Waals surface area contributed by atoms with E-state index in [9.17, 15) is 8.99 Å². The molecule has 0 saturated heterocycles. The molecule has 6 heteroatoms. The predicted octanol–water partition coefficient (Wildman–Crippen LogP) is 3.59. The molecule has 2 aromatic heterocycles. The largest absolute Gasteiger partial charge is 0.467 e. The first-order valence-electron chi connectivity index (χ1n) is 6.17. The lowest BCUT2D eigenvalue weighted by atomic mass is 10.0. The minimum absolute atomic E-state index is 0.0622. The van der Waals surface area contributed by atoms with Gasteiger partial charge in [0, 0.05) is 18.0 Å². The lowest BCUT2D eigenvalue weighted by Crippen LogP contribution is -2.00. The molecule has 3 aromatic rings. The number of aliphatic hydroxyl groups is 1. The molecule has 1 unspecified atom stereocenters. The maximum absolute atomic E-state index is 12.6. The minimum Gasteiger partial charge on any atom is -0.467 e. The summed E-state index contributed by atoms with van der Waals surface area (Å²) in [5.41, 5.74) is 2.69. The third-order valence-electron chi connectivity index (χ3n) is 3.21. The van der Waals surface area contributed by atoms with E-state index >= 15 is 0 Å². The van der Waals surface area contributed by atoms with E-state index in [0.717, 1.165) is 22.0 Å². The second kappa shape index (κ2) is 5.30. The lowest BCUT2D eigenvalue weighted by molar-refractivity contribution is 0.150. The molecule has 0 aliphatic carbocycles. The number of benzene rings is 1. The van der Waals surface area contributed by atoms with Crippen molar-refractivity contribution in [2.45, 2.75) is 19.4 Å². The van der Waals surface area contributed by atoms with Crippen molar-refractivity contribution in [1.82, 2.24) is 9.19 Å². The van der Waals surface area contributed by atoms with E-state index in [2.05, 4.69) is 5.10 Å². The van der Waals surface area contributed by atoms with Crippen LogP contribution in [0, 0.1) is 6.92 Å². The van der Waals surface area contributed by atoms with Crippen molar-refractivity contribution in [3.63, 3.8) is 0 Å². The van der Waals surface area contributed by atoms with Gasteiger partial charge in [0.1, 0.15) is 11.9 Å². The monoisotopic (exact) mass is 292 g/mol. The second-order valence-corrected chi connectivity index (χ2v) is 5.20. The Balaban J connectivity index is 1.92. The predicted molar refractivity (Wildman–Crippen MR) is 75.9 cm³/mol. The smallest absolute Gasteiger partial charge is 0.187 e. The van der Waals surface area contributed by atoms with Crippen molar-refractivity contribution in [2.75, 3.05) is 0 Å². The molecule has 2 heterocycles. The van der Waals surface area contributed by atoms with Gasteiger partial charge in [-0.25, -0.2) is 0 Å². The molecule has 1 aromatic carbocycles. The van der Waals surface area contributed by atoms with E-state index in [-0.39, 0.29) is 12.3 Å². The van der Waals surface area contributed by atoms with Gasteiger partial charge in [-0.1, -0.05) is 6.07 Å². The molecule has 104 valence electrons. The number of aromatic nitrogens is 2. The van der Waals surface area contributed by atoms with Gasteiger partial charge in [0.15, 0.2) is 12.3 Å². The van der Waals surface area contributed by atoms with Crippen molar-refractivity contribution in [3.8, 4) is 0 Å². The summed E-state index contributed by atoms with van der Waals surface area (Å²) in [4.78, 5) is 0. The van der Waals surface area contributed by atoms with Gasteiger partial charge in [-0.15, -0.1) is 3.89 Å². The summed E-state index contributed by atoms with van der Waals surface area (Å²) in [6.07, 6.45) is 2.93. The van der Waals surface area contributed by atoms with Gasteiger partial charge in [0.25, 0.3) is 0 Å². The van der Waals surface area contributed by atoms with Crippen LogP contribution < -0.4 is 0 Å². The summed E-state index contributed by atoms with van der Waals surface area (Å²) in [5, 5.41) is 15.1. The van der Waals surface area contributed by atoms with Crippen LogP contribution in [-0.2, 0) is 6.42 Å². The number of hydrogen-bond acceptors (Lipinski definition) is 4. The van der Waals surface area contributed by atoms with Crippen LogP contribution in [0.5, 0.6) is 0 Å². The van der Waals surface area contributed by atoms with E-state index in [1.54, 1.807) is 18.3 Å². The normalized spacial score (nSPS) is 12.9. The number of hydrogen-bond donors (Lipinski definition) is 1. The fraction of sp³-hybridized carbons (Fsp3) is 0.214. The Kier molecular flexibility index (Phi) is 3.50. The van der Waals surface area contributed by atoms with Crippen LogP contribution in [-0.4, -0.2) is 14.3 Å². The number of rotatable bonds is 4. The van der Waals surface area contributed by atoms with E-state index in [0.29, 0.717) is 12.2 Å². The van der Waals surface area contributed by atoms with Crippen LogP contribution in [0.2, 0.25) is 0 Å². The van der Waals surface area contributed by atoms with Crippen LogP contribution in [0.25, 0.3) is 10.9 Å². The number of nitrogens with zero attached hydrogens (tertiary/aromatic N) is 2. The molecule has 4 nitrogen and oxygen atoms in total. The van der Waals surface area contributed by atoms with Crippen molar-refractivity contribution in [2.24, 2.45) is 0 Å². The van der Waals surface area contributed by atoms with Gasteiger partial charge in [0.2, 0.25) is 0 Å². The van der Waals surface area contributed by atoms with E-state index < -0.39 is 6.10 Å². The van der Waals surface area contributed by atoms with Crippen molar-refractivity contribution >= 4 is 23.2 Å². The van der Waals surface area contributed by atoms with Gasteiger partial charge in [-0.05, 0) is 36.2 Å². The zero-order chi connectivity index (χ0) is 14.1. The van der Waals surface area contributed by atoms with Crippen LogP contribution >= 0.6 is 12.3 Å². The second-order valence-electron chi connectivity index (χ2n) is 4.69. The first-order valence-corrected chi connectivity index (χ1v) is 6.84. The molecule has 0 amide bonds. The molecule has 0 saturated carbocycles. The van der Waals surface area contributed by atoms with Crippen molar-refractivity contribution in [1.29, 1.82) is 0 Å². The molecule has 3 rings (SSSR count). The zero-order valence-corrected chi connectivity index (χ0v) is 11.6. The standard InChI is InChI=1S/C14H13FN2O2S/c1-9-5-10(7-12(18)13-3-2-4-19-13)6-11-8-17(20-15)16-14(9)11/h2-6,8,12,18H,7H2,1H3. The van der Waals surface area contributed by atoms with E-state index in [4.69, 9.17) is 4.42 Å². The molecular weight excluding hydrogens is 279 g/mol. The molecular formula is C14H13FN2O2S. The van der Waals surface area contributed by atoms with Crippen LogP contribution in [0.1, 0.15) is 23.0 Å². The summed E-state index contributed by atoms with van der Waals surface area (Å²) >= 11 is 0.0622. The van der Waals surface area contributed by atoms with Crippen LogP contribution in [0.15, 0.2) is 41.1 Å². The molecule has 0 aliphatic heterocycles. The average molecular weight is 292 g/mol. The fourth-order valence-corrected chi connectivity index (χ4v) is 2.59. The first kappa shape index (κ1) is 13.2. The van der Waals surface area contributed by atoms with Gasteiger partial charge >= 0.3 is 0 Å². The number of aliphatic hydroxyl groups excluding tert-OH is 1. The molecule has 0 aliphatic rings. The number of fused-ring (bicyclic) bond motifs is 1. The highest BCUT2D eigenvalue weighted by molar-refractivity contribution is 7.92. The van der Waals surface area contributed by atoms with E-state index in [1.165, 1.54) is 10.4 Å². The Morgan fingerprint density at radius 1 is 1.50 bits per heavy atom. The Bertz CT molecular complexity index is 724. The topological polar surface area (TPSA) is 51.2 Å². The first-order chi connectivity index (χ1) is 9.67. The molecule has 1 N–H and O–H groups in total. The third kappa shape index (κ3) is 2.44. The summed E-state index contributed by atoms with van der Waals surface area (Å²) in [6.45, 7) is 1.92. The lowest BCUT2D eigenvalue weighted by Gasteiger charge is -2.08. The van der Waals surface area contributed by atoms with Crippen LogP contribution in [0.4, 0.5) is 3.89 Å². The van der Waals surface area contributed by atoms with Crippen molar-refractivity contribution < 1.29 is 13.4 Å². The highest BCUT2D eigenvalue weighted by Gasteiger charge is 2.13. The van der Waals surface area contributed by atoms with Gasteiger partial charge in [-0.3, -0.25) is 0 Å². The highest BCUT2D eigenvalue weighted by Crippen LogP contribution is 2.25. The number of furan rings is 1. The fourth-order valence-electron chi connectivity index (χ4n) is 2.32. The quantitative estimate of drug-likeness (QED) is 0.798. The molecule has 1 atom stereocenters. The third-order valence-corrected chi connectivity index (χ3v) is 3.54.